The fourth-order valence-electron chi connectivity index (χ4n) is 4.93. The van der Waals surface area contributed by atoms with Gasteiger partial charge in [-0.1, -0.05) is 39.0 Å². The van der Waals surface area contributed by atoms with E-state index in [9.17, 15) is 19.2 Å². The number of anilines is 3. The van der Waals surface area contributed by atoms with Crippen LogP contribution in [-0.2, 0) is 17.3 Å². The van der Waals surface area contributed by atoms with E-state index in [0.717, 1.165) is 5.56 Å². The maximum atomic E-state index is 15.7. The Kier molecular flexibility index (Phi) is 8.44. The lowest BCUT2D eigenvalue weighted by molar-refractivity contribution is -0.120. The van der Waals surface area contributed by atoms with Gasteiger partial charge in [0.15, 0.2) is 11.6 Å². The van der Waals surface area contributed by atoms with Crippen LogP contribution in [0.2, 0.25) is 0 Å². The Labute approximate surface area is 254 Å². The van der Waals surface area contributed by atoms with E-state index < -0.39 is 17.3 Å². The molecule has 0 unspecified atom stereocenters. The summed E-state index contributed by atoms with van der Waals surface area (Å²) < 4.78 is 17.0. The molecular formula is C34H34FN5O4. The van der Waals surface area contributed by atoms with Crippen LogP contribution in [-0.4, -0.2) is 45.1 Å². The number of rotatable bonds is 6. The van der Waals surface area contributed by atoms with Gasteiger partial charge in [0.1, 0.15) is 5.78 Å². The van der Waals surface area contributed by atoms with Crippen molar-refractivity contribution in [1.29, 1.82) is 0 Å². The number of Topliss-reactive ketones (excluding diaryl/α,β-unsaturated/α-hetero) is 1. The van der Waals surface area contributed by atoms with Crippen molar-refractivity contribution in [2.45, 2.75) is 39.0 Å². The van der Waals surface area contributed by atoms with Gasteiger partial charge in [0.05, 0.1) is 11.4 Å². The number of halogens is 1. The highest BCUT2D eigenvalue weighted by molar-refractivity contribution is 6.04. The summed E-state index contributed by atoms with van der Waals surface area (Å²) in [5.41, 5.74) is 2.22. The summed E-state index contributed by atoms with van der Waals surface area (Å²) >= 11 is 0. The fraction of sp³-hybridized carbons (Fsp3) is 0.265. The van der Waals surface area contributed by atoms with Gasteiger partial charge in [-0.3, -0.25) is 19.2 Å². The van der Waals surface area contributed by atoms with E-state index in [2.05, 4.69) is 36.4 Å². The molecule has 1 saturated heterocycles. The van der Waals surface area contributed by atoms with Crippen molar-refractivity contribution < 1.29 is 18.8 Å². The lowest BCUT2D eigenvalue weighted by Crippen LogP contribution is -2.38. The van der Waals surface area contributed by atoms with Gasteiger partial charge in [-0.15, -0.1) is 0 Å². The molecule has 1 aromatic heterocycles. The molecule has 0 bridgehead atoms. The molecule has 44 heavy (non-hydrogen) atoms. The molecule has 0 saturated carbocycles. The van der Waals surface area contributed by atoms with Crippen LogP contribution in [0.25, 0.3) is 11.3 Å². The predicted octanol–water partition coefficient (Wildman–Crippen LogP) is 5.68. The first kappa shape index (κ1) is 30.3. The number of nitrogens with one attached hydrogen (secondary N) is 2. The maximum Gasteiger partial charge on any atom is 0.293 e. The molecule has 2 N–H and O–H groups in total. The minimum atomic E-state index is -0.688. The molecule has 5 rings (SSSR count). The Morgan fingerprint density at radius 2 is 1.52 bits per heavy atom. The second-order valence-corrected chi connectivity index (χ2v) is 11.9. The predicted molar refractivity (Wildman–Crippen MR) is 168 cm³/mol. The topological polar surface area (TPSA) is 113 Å². The van der Waals surface area contributed by atoms with E-state index in [1.54, 1.807) is 47.4 Å². The van der Waals surface area contributed by atoms with Crippen LogP contribution in [0.1, 0.15) is 59.9 Å². The van der Waals surface area contributed by atoms with Gasteiger partial charge in [0, 0.05) is 61.6 Å². The molecule has 10 heteroatoms. The van der Waals surface area contributed by atoms with Crippen molar-refractivity contribution in [3.05, 3.63) is 106 Å². The number of carbonyl (C=O) groups excluding carboxylic acids is 3. The molecule has 9 nitrogen and oxygen atoms in total. The second kappa shape index (κ2) is 12.2. The molecule has 226 valence electrons. The van der Waals surface area contributed by atoms with Gasteiger partial charge in [-0.05, 0) is 59.5 Å². The van der Waals surface area contributed by atoms with Crippen molar-refractivity contribution in [1.82, 2.24) is 14.5 Å². The van der Waals surface area contributed by atoms with Crippen LogP contribution in [0.3, 0.4) is 0 Å². The zero-order chi connectivity index (χ0) is 31.6. The van der Waals surface area contributed by atoms with Crippen LogP contribution in [0, 0.1) is 5.82 Å². The third-order valence-corrected chi connectivity index (χ3v) is 7.61. The highest BCUT2D eigenvalue weighted by atomic mass is 19.1. The molecular weight excluding hydrogens is 561 g/mol. The van der Waals surface area contributed by atoms with E-state index in [1.807, 2.05) is 12.1 Å². The molecule has 0 spiro atoms. The summed E-state index contributed by atoms with van der Waals surface area (Å²) in [7, 11) is 1.54. The van der Waals surface area contributed by atoms with Gasteiger partial charge in [-0.25, -0.2) is 9.37 Å². The van der Waals surface area contributed by atoms with Gasteiger partial charge in [-0.2, -0.15) is 0 Å². The average Bonchev–Trinajstić information content (AvgIpc) is 3.00. The number of amides is 2. The Morgan fingerprint density at radius 3 is 2.16 bits per heavy atom. The molecule has 2 amide bonds. The van der Waals surface area contributed by atoms with Crippen molar-refractivity contribution >= 4 is 34.8 Å². The molecule has 0 atom stereocenters. The zero-order valence-electron chi connectivity index (χ0n) is 25.1. The summed E-state index contributed by atoms with van der Waals surface area (Å²) in [5.74, 6) is -1.18. The number of hydrogen-bond acceptors (Lipinski definition) is 6. The number of aryl methyl sites for hydroxylation is 1. The number of hydrogen-bond donors (Lipinski definition) is 2. The molecule has 0 aliphatic carbocycles. The van der Waals surface area contributed by atoms with Gasteiger partial charge in [0.25, 0.3) is 17.4 Å². The smallest absolute Gasteiger partial charge is 0.293 e. The Morgan fingerprint density at radius 1 is 0.886 bits per heavy atom. The second-order valence-electron chi connectivity index (χ2n) is 11.9. The number of ketones is 1. The fourth-order valence-corrected chi connectivity index (χ4v) is 4.93. The van der Waals surface area contributed by atoms with Crippen LogP contribution >= 0.6 is 0 Å². The van der Waals surface area contributed by atoms with Gasteiger partial charge >= 0.3 is 0 Å². The Hall–Kier alpha value is -5.12. The molecule has 1 aliphatic heterocycles. The normalized spacial score (nSPS) is 13.5. The molecule has 1 fully saturated rings. The first-order valence-electron chi connectivity index (χ1n) is 14.4. The van der Waals surface area contributed by atoms with Gasteiger partial charge in [0.2, 0.25) is 0 Å². The highest BCUT2D eigenvalue weighted by Gasteiger charge is 2.22. The number of aromatic nitrogens is 2. The third kappa shape index (κ3) is 6.59. The number of likely N-dealkylation sites (tertiary alicyclic amines) is 1. The minimum Gasteiger partial charge on any atom is -0.338 e. The van der Waals surface area contributed by atoms with E-state index in [4.69, 9.17) is 0 Å². The summed E-state index contributed by atoms with van der Waals surface area (Å²) in [4.78, 5) is 56.2. The number of carbonyl (C=O) groups is 3. The average molecular weight is 596 g/mol. The monoisotopic (exact) mass is 595 g/mol. The molecule has 0 radical (unpaired) electrons. The third-order valence-electron chi connectivity index (χ3n) is 7.61. The van der Waals surface area contributed by atoms with E-state index in [1.165, 1.54) is 29.9 Å². The Bertz CT molecular complexity index is 1780. The molecule has 3 aromatic carbocycles. The minimum absolute atomic E-state index is 0.0177. The first-order valence-corrected chi connectivity index (χ1v) is 14.4. The van der Waals surface area contributed by atoms with Crippen molar-refractivity contribution in [2.75, 3.05) is 23.7 Å². The van der Waals surface area contributed by atoms with E-state index in [0.29, 0.717) is 42.7 Å². The van der Waals surface area contributed by atoms with Crippen molar-refractivity contribution in [2.24, 2.45) is 7.05 Å². The number of benzene rings is 3. The summed E-state index contributed by atoms with van der Waals surface area (Å²) in [6, 6.07) is 18.4. The van der Waals surface area contributed by atoms with Crippen LogP contribution in [0.4, 0.5) is 21.6 Å². The zero-order valence-corrected chi connectivity index (χ0v) is 25.1. The van der Waals surface area contributed by atoms with Crippen LogP contribution in [0.5, 0.6) is 0 Å². The quantitative estimate of drug-likeness (QED) is 0.296. The number of piperidine rings is 1. The molecule has 1 aliphatic rings. The molecule has 2 heterocycles. The number of nitrogens with zero attached hydrogens (tertiary/aromatic N) is 3. The highest BCUT2D eigenvalue weighted by Crippen LogP contribution is 2.28. The standard InChI is InChI=1S/C34H34FN5O4/c1-34(2,3)23-12-8-21(9-13-23)31(42)38-27-7-5-6-26(29(27)35)28-20-39(4)33(44)30(37-28)36-24-14-10-22(11-15-24)32(43)40-18-16-25(41)17-19-40/h5-15,20H,16-19H2,1-4H3,(H,36,37)(H,38,42). The Balaban J connectivity index is 1.35. The van der Waals surface area contributed by atoms with Gasteiger partial charge < -0.3 is 20.1 Å². The van der Waals surface area contributed by atoms with E-state index >= 15 is 4.39 Å². The van der Waals surface area contributed by atoms with E-state index in [-0.39, 0.29) is 39.9 Å². The van der Waals surface area contributed by atoms with Crippen molar-refractivity contribution in [3.63, 3.8) is 0 Å². The first-order chi connectivity index (χ1) is 20.9. The molecule has 4 aromatic rings. The largest absolute Gasteiger partial charge is 0.338 e. The summed E-state index contributed by atoms with van der Waals surface area (Å²) in [6.07, 6.45) is 2.14. The lowest BCUT2D eigenvalue weighted by Gasteiger charge is -2.26. The maximum absolute atomic E-state index is 15.7. The van der Waals surface area contributed by atoms with Crippen LogP contribution in [0.15, 0.2) is 77.7 Å². The van der Waals surface area contributed by atoms with Crippen LogP contribution < -0.4 is 16.2 Å². The lowest BCUT2D eigenvalue weighted by atomic mass is 9.87. The SMILES string of the molecule is Cn1cc(-c2cccc(NC(=O)c3ccc(C(C)(C)C)cc3)c2F)nc(Nc2ccc(C(=O)N3CCC(=O)CC3)cc2)c1=O. The summed E-state index contributed by atoms with van der Waals surface area (Å²) in [6.45, 7) is 7.04. The summed E-state index contributed by atoms with van der Waals surface area (Å²) in [5, 5.41) is 5.61. The van der Waals surface area contributed by atoms with Crippen molar-refractivity contribution in [3.8, 4) is 11.3 Å².